The second-order valence-electron chi connectivity index (χ2n) is 11.7. The van der Waals surface area contributed by atoms with Crippen LogP contribution in [0.5, 0.6) is 11.5 Å². The molecule has 3 N–H and O–H groups in total. The molecule has 1 amide bonds. The number of carboxylic acid groups (broad SMARTS) is 1. The molecule has 0 unspecified atom stereocenters. The van der Waals surface area contributed by atoms with Crippen LogP contribution in [-0.2, 0) is 11.3 Å². The fourth-order valence-corrected chi connectivity index (χ4v) is 5.18. The average molecular weight is 578 g/mol. The summed E-state index contributed by atoms with van der Waals surface area (Å²) in [6.45, 7) is 13.4. The van der Waals surface area contributed by atoms with Crippen molar-refractivity contribution in [3.63, 3.8) is 0 Å². The number of aromatic nitrogens is 3. The third-order valence-corrected chi connectivity index (χ3v) is 7.68. The largest absolute Gasteiger partial charge is 0.507 e. The van der Waals surface area contributed by atoms with Gasteiger partial charge in [0.1, 0.15) is 11.5 Å². The van der Waals surface area contributed by atoms with Gasteiger partial charge in [0.2, 0.25) is 5.82 Å². The summed E-state index contributed by atoms with van der Waals surface area (Å²) in [6.07, 6.45) is 2.20. The van der Waals surface area contributed by atoms with Crippen LogP contribution in [0.25, 0.3) is 17.1 Å². The lowest BCUT2D eigenvalue weighted by atomic mass is 9.97. The first-order chi connectivity index (χ1) is 20.1. The zero-order chi connectivity index (χ0) is 30.4. The number of carboxylic acids is 1. The zero-order valence-electron chi connectivity index (χ0n) is 25.3. The molecule has 1 saturated heterocycles. The summed E-state index contributed by atoms with van der Waals surface area (Å²) in [6, 6.07) is 11.3. The monoisotopic (exact) mass is 577 g/mol. The lowest BCUT2D eigenvalue weighted by Crippen LogP contribution is -2.35. The molecule has 0 bridgehead atoms. The predicted octanol–water partition coefficient (Wildman–Crippen LogP) is 5.23. The van der Waals surface area contributed by atoms with Gasteiger partial charge in [-0.1, -0.05) is 39.8 Å². The highest BCUT2D eigenvalue weighted by Crippen LogP contribution is 2.39. The first-order valence-corrected chi connectivity index (χ1v) is 14.9. The molecule has 1 aromatic heterocycles. The van der Waals surface area contributed by atoms with Crippen LogP contribution in [0.1, 0.15) is 81.5 Å². The van der Waals surface area contributed by atoms with E-state index in [4.69, 9.17) is 4.74 Å². The summed E-state index contributed by atoms with van der Waals surface area (Å²) in [5.41, 5.74) is 3.16. The van der Waals surface area contributed by atoms with Gasteiger partial charge in [-0.05, 0) is 80.4 Å². The first-order valence-electron chi connectivity index (χ1n) is 14.9. The van der Waals surface area contributed by atoms with Gasteiger partial charge < -0.3 is 20.3 Å². The van der Waals surface area contributed by atoms with Crippen LogP contribution in [-0.4, -0.2) is 68.0 Å². The van der Waals surface area contributed by atoms with E-state index in [9.17, 15) is 19.8 Å². The molecule has 2 heterocycles. The summed E-state index contributed by atoms with van der Waals surface area (Å²) < 4.78 is 7.74. The second-order valence-corrected chi connectivity index (χ2v) is 11.7. The Bertz CT molecular complexity index is 1370. The van der Waals surface area contributed by atoms with Gasteiger partial charge in [-0.3, -0.25) is 19.1 Å². The van der Waals surface area contributed by atoms with E-state index in [1.54, 1.807) is 10.6 Å². The van der Waals surface area contributed by atoms with Crippen molar-refractivity contribution in [3.8, 4) is 28.6 Å². The standard InChI is InChI=1S/C32H43N5O5/c1-6-33-31(39)30-35-34-29(26-17-25(21(4)5)28(18-27(26)38)42-16-13-20(2)3)37(30)24-9-7-22(8-10-24)19-36-14-11-23(12-15-36)32(40)41/h7-10,17-18,20-21,23,38H,6,11-16,19H2,1-5H3,(H,33,39)(H,40,41). The highest BCUT2D eigenvalue weighted by atomic mass is 16.5. The molecule has 1 fully saturated rings. The van der Waals surface area contributed by atoms with Gasteiger partial charge in [0.15, 0.2) is 5.82 Å². The van der Waals surface area contributed by atoms with Crippen molar-refractivity contribution in [3.05, 3.63) is 53.3 Å². The molecule has 0 spiro atoms. The van der Waals surface area contributed by atoms with Gasteiger partial charge in [-0.15, -0.1) is 10.2 Å². The maximum atomic E-state index is 13.0. The molecule has 42 heavy (non-hydrogen) atoms. The van der Waals surface area contributed by atoms with Crippen LogP contribution in [0.3, 0.4) is 0 Å². The van der Waals surface area contributed by atoms with Crippen molar-refractivity contribution in [2.45, 2.75) is 66.3 Å². The summed E-state index contributed by atoms with van der Waals surface area (Å²) in [5.74, 6) is 0.391. The number of hydrogen-bond acceptors (Lipinski definition) is 7. The number of aromatic hydroxyl groups is 1. The summed E-state index contributed by atoms with van der Waals surface area (Å²) in [7, 11) is 0. The molecule has 10 heteroatoms. The van der Waals surface area contributed by atoms with Gasteiger partial charge in [0.25, 0.3) is 5.91 Å². The Hall–Kier alpha value is -3.92. The van der Waals surface area contributed by atoms with Gasteiger partial charge >= 0.3 is 5.97 Å². The minimum absolute atomic E-state index is 0.00331. The van der Waals surface area contributed by atoms with Crippen LogP contribution in [0.4, 0.5) is 0 Å². The van der Waals surface area contributed by atoms with Crippen molar-refractivity contribution in [1.82, 2.24) is 25.0 Å². The lowest BCUT2D eigenvalue weighted by Gasteiger charge is -2.30. The quantitative estimate of drug-likeness (QED) is 0.267. The molecular formula is C32H43N5O5. The van der Waals surface area contributed by atoms with E-state index >= 15 is 0 Å². The Labute approximate surface area is 247 Å². The second kappa shape index (κ2) is 13.8. The van der Waals surface area contributed by atoms with Crippen molar-refractivity contribution < 1.29 is 24.5 Å². The molecule has 0 saturated carbocycles. The SMILES string of the molecule is CCNC(=O)c1nnc(-c2cc(C(C)C)c(OCCC(C)C)cc2O)n1-c1ccc(CN2CCC(C(=O)O)CC2)cc1. The summed E-state index contributed by atoms with van der Waals surface area (Å²) >= 11 is 0. The van der Waals surface area contributed by atoms with E-state index in [2.05, 4.69) is 48.1 Å². The van der Waals surface area contributed by atoms with Crippen molar-refractivity contribution in [2.75, 3.05) is 26.2 Å². The van der Waals surface area contributed by atoms with Crippen molar-refractivity contribution >= 4 is 11.9 Å². The number of hydrogen-bond donors (Lipinski definition) is 3. The number of amides is 1. The zero-order valence-corrected chi connectivity index (χ0v) is 25.3. The van der Waals surface area contributed by atoms with E-state index in [1.807, 2.05) is 37.3 Å². The molecule has 0 aliphatic carbocycles. The maximum absolute atomic E-state index is 13.0. The van der Waals surface area contributed by atoms with Crippen LogP contribution in [0.15, 0.2) is 36.4 Å². The molecule has 2 aromatic carbocycles. The lowest BCUT2D eigenvalue weighted by molar-refractivity contribution is -0.143. The van der Waals surface area contributed by atoms with E-state index in [0.717, 1.165) is 30.6 Å². The molecular weight excluding hydrogens is 534 g/mol. The molecule has 4 rings (SSSR count). The number of nitrogens with zero attached hydrogens (tertiary/aromatic N) is 4. The molecule has 1 aliphatic heterocycles. The third kappa shape index (κ3) is 7.28. The number of carbonyl (C=O) groups is 2. The smallest absolute Gasteiger partial charge is 0.306 e. The average Bonchev–Trinajstić information content (AvgIpc) is 3.38. The van der Waals surface area contributed by atoms with E-state index in [-0.39, 0.29) is 29.3 Å². The Balaban J connectivity index is 1.67. The Morgan fingerprint density at radius 3 is 2.36 bits per heavy atom. The van der Waals surface area contributed by atoms with E-state index < -0.39 is 5.97 Å². The third-order valence-electron chi connectivity index (χ3n) is 7.68. The number of ether oxygens (including phenoxy) is 1. The highest BCUT2D eigenvalue weighted by Gasteiger charge is 2.26. The Kier molecular flexibility index (Phi) is 10.2. The van der Waals surface area contributed by atoms with E-state index in [1.165, 1.54) is 0 Å². The number of benzene rings is 2. The number of phenols is 1. The van der Waals surface area contributed by atoms with Crippen molar-refractivity contribution in [1.29, 1.82) is 0 Å². The number of carbonyl (C=O) groups excluding carboxylic acids is 1. The van der Waals surface area contributed by atoms with Gasteiger partial charge in [-0.25, -0.2) is 0 Å². The van der Waals surface area contributed by atoms with E-state index in [0.29, 0.717) is 61.3 Å². The number of piperidine rings is 1. The maximum Gasteiger partial charge on any atom is 0.306 e. The summed E-state index contributed by atoms with van der Waals surface area (Å²) in [4.78, 5) is 26.6. The minimum Gasteiger partial charge on any atom is -0.507 e. The number of aliphatic carboxylic acids is 1. The molecule has 1 aliphatic rings. The normalized spacial score (nSPS) is 14.5. The number of rotatable bonds is 12. The number of nitrogens with one attached hydrogen (secondary N) is 1. The van der Waals surface area contributed by atoms with Gasteiger partial charge in [-0.2, -0.15) is 0 Å². The van der Waals surface area contributed by atoms with Crippen molar-refractivity contribution in [2.24, 2.45) is 11.8 Å². The fraction of sp³-hybridized carbons (Fsp3) is 0.500. The predicted molar refractivity (Wildman–Crippen MR) is 161 cm³/mol. The molecule has 0 atom stereocenters. The van der Waals surface area contributed by atoms with Gasteiger partial charge in [0.05, 0.1) is 18.1 Å². The Morgan fingerprint density at radius 2 is 1.76 bits per heavy atom. The fourth-order valence-electron chi connectivity index (χ4n) is 5.18. The van der Waals surface area contributed by atoms with Crippen LogP contribution < -0.4 is 10.1 Å². The molecule has 10 nitrogen and oxygen atoms in total. The summed E-state index contributed by atoms with van der Waals surface area (Å²) in [5, 5.41) is 31.9. The molecule has 226 valence electrons. The first kappa shape index (κ1) is 31.0. The minimum atomic E-state index is -0.716. The molecule has 3 aromatic rings. The topological polar surface area (TPSA) is 130 Å². The highest BCUT2D eigenvalue weighted by molar-refractivity contribution is 5.92. The Morgan fingerprint density at radius 1 is 1.07 bits per heavy atom. The van der Waals surface area contributed by atoms with Crippen LogP contribution >= 0.6 is 0 Å². The van der Waals surface area contributed by atoms with Crippen LogP contribution in [0.2, 0.25) is 0 Å². The number of phenolic OH excluding ortho intramolecular Hbond substituents is 1. The number of likely N-dealkylation sites (tertiary alicyclic amines) is 1. The van der Waals surface area contributed by atoms with Crippen LogP contribution in [0, 0.1) is 11.8 Å². The van der Waals surface area contributed by atoms with Gasteiger partial charge in [0, 0.05) is 24.8 Å². The molecule has 0 radical (unpaired) electrons.